The Labute approximate surface area is 172 Å². The smallest absolute Gasteiger partial charge is 0.248 e. The lowest BCUT2D eigenvalue weighted by atomic mass is 10.1. The second kappa shape index (κ2) is 9.98. The Hall–Kier alpha value is -2.99. The highest BCUT2D eigenvalue weighted by Gasteiger charge is 2.15. The summed E-state index contributed by atoms with van der Waals surface area (Å²) in [5.41, 5.74) is 2.78. The summed E-state index contributed by atoms with van der Waals surface area (Å²) in [6.07, 6.45) is 3.23. The van der Waals surface area contributed by atoms with Crippen molar-refractivity contribution in [3.05, 3.63) is 54.1 Å². The molecule has 2 aromatic carbocycles. The zero-order valence-corrected chi connectivity index (χ0v) is 17.4. The van der Waals surface area contributed by atoms with Crippen LogP contribution >= 0.6 is 0 Å². The van der Waals surface area contributed by atoms with Gasteiger partial charge in [-0.2, -0.15) is 0 Å². The van der Waals surface area contributed by atoms with Gasteiger partial charge in [-0.1, -0.05) is 6.92 Å². The quantitative estimate of drug-likeness (QED) is 0.728. The van der Waals surface area contributed by atoms with Gasteiger partial charge in [0.25, 0.3) is 0 Å². The summed E-state index contributed by atoms with van der Waals surface area (Å²) in [5.74, 6) is 1.17. The van der Waals surface area contributed by atoms with Gasteiger partial charge in [-0.05, 0) is 49.0 Å². The molecule has 3 rings (SSSR count). The molecule has 0 atom stereocenters. The lowest BCUT2D eigenvalue weighted by Gasteiger charge is -2.35. The van der Waals surface area contributed by atoms with E-state index < -0.39 is 0 Å². The first kappa shape index (κ1) is 20.7. The number of methoxy groups -OCH3 is 2. The van der Waals surface area contributed by atoms with Crippen molar-refractivity contribution in [2.24, 2.45) is 0 Å². The first-order valence-corrected chi connectivity index (χ1v) is 9.91. The first-order valence-electron chi connectivity index (χ1n) is 9.91. The lowest BCUT2D eigenvalue weighted by Crippen LogP contribution is -2.46. The van der Waals surface area contributed by atoms with Crippen LogP contribution in [0.3, 0.4) is 0 Å². The Morgan fingerprint density at radius 3 is 2.38 bits per heavy atom. The van der Waals surface area contributed by atoms with Crippen LogP contribution in [-0.4, -0.2) is 57.8 Å². The zero-order valence-electron chi connectivity index (χ0n) is 17.4. The Bertz CT molecular complexity index is 841. The van der Waals surface area contributed by atoms with Crippen LogP contribution in [0.25, 0.3) is 6.08 Å². The summed E-state index contributed by atoms with van der Waals surface area (Å²) in [6, 6.07) is 13.5. The number of piperazine rings is 1. The van der Waals surface area contributed by atoms with Gasteiger partial charge in [-0.25, -0.2) is 0 Å². The molecule has 29 heavy (non-hydrogen) atoms. The second-order valence-corrected chi connectivity index (χ2v) is 6.90. The van der Waals surface area contributed by atoms with Crippen molar-refractivity contribution in [1.29, 1.82) is 0 Å². The molecule has 1 N–H and O–H groups in total. The predicted molar refractivity (Wildman–Crippen MR) is 118 cm³/mol. The largest absolute Gasteiger partial charge is 0.497 e. The summed E-state index contributed by atoms with van der Waals surface area (Å²) in [7, 11) is 3.20. The molecule has 0 saturated carbocycles. The molecular weight excluding hydrogens is 366 g/mol. The highest BCUT2D eigenvalue weighted by atomic mass is 16.5. The molecule has 1 heterocycles. The number of nitrogens with zero attached hydrogens (tertiary/aromatic N) is 2. The maximum Gasteiger partial charge on any atom is 0.248 e. The van der Waals surface area contributed by atoms with E-state index in [2.05, 4.69) is 34.2 Å². The SMILES string of the molecule is CCN1CCN(c2ccc(NC(=O)/C=C/c3ccc(OC)cc3OC)cc2)CC1. The van der Waals surface area contributed by atoms with Gasteiger partial charge in [0.1, 0.15) is 11.5 Å². The number of hydrogen-bond donors (Lipinski definition) is 1. The Kier molecular flexibility index (Phi) is 7.14. The van der Waals surface area contributed by atoms with E-state index in [1.54, 1.807) is 26.4 Å². The molecule has 1 fully saturated rings. The monoisotopic (exact) mass is 395 g/mol. The number of amides is 1. The third-order valence-corrected chi connectivity index (χ3v) is 5.17. The lowest BCUT2D eigenvalue weighted by molar-refractivity contribution is -0.111. The minimum atomic E-state index is -0.188. The standard InChI is InChI=1S/C23H29N3O3/c1-4-25-13-15-26(16-14-25)20-9-7-19(8-10-20)24-23(27)12-6-18-5-11-21(28-2)17-22(18)29-3/h5-12,17H,4,13-16H2,1-3H3,(H,24,27)/b12-6+. The fraction of sp³-hybridized carbons (Fsp3) is 0.348. The molecule has 154 valence electrons. The molecule has 6 nitrogen and oxygen atoms in total. The van der Waals surface area contributed by atoms with Gasteiger partial charge in [0, 0.05) is 55.3 Å². The van der Waals surface area contributed by atoms with Crippen molar-refractivity contribution < 1.29 is 14.3 Å². The number of carbonyl (C=O) groups excluding carboxylic acids is 1. The van der Waals surface area contributed by atoms with Crippen LogP contribution < -0.4 is 19.7 Å². The summed E-state index contributed by atoms with van der Waals surface area (Å²) >= 11 is 0. The molecule has 2 aromatic rings. The van der Waals surface area contributed by atoms with E-state index in [4.69, 9.17) is 9.47 Å². The van der Waals surface area contributed by atoms with Crippen LogP contribution in [0.5, 0.6) is 11.5 Å². The molecule has 1 saturated heterocycles. The van der Waals surface area contributed by atoms with Crippen molar-refractivity contribution in [3.8, 4) is 11.5 Å². The number of ether oxygens (including phenoxy) is 2. The van der Waals surface area contributed by atoms with E-state index in [0.717, 1.165) is 44.0 Å². The highest BCUT2D eigenvalue weighted by molar-refractivity contribution is 6.02. The van der Waals surface area contributed by atoms with Gasteiger partial charge in [-0.15, -0.1) is 0 Å². The minimum absolute atomic E-state index is 0.188. The van der Waals surface area contributed by atoms with E-state index in [1.807, 2.05) is 24.3 Å². The van der Waals surface area contributed by atoms with Gasteiger partial charge < -0.3 is 24.6 Å². The molecule has 0 spiro atoms. The number of carbonyl (C=O) groups is 1. The highest BCUT2D eigenvalue weighted by Crippen LogP contribution is 2.25. The third-order valence-electron chi connectivity index (χ3n) is 5.17. The summed E-state index contributed by atoms with van der Waals surface area (Å²) in [6.45, 7) is 7.56. The molecular formula is C23H29N3O3. The van der Waals surface area contributed by atoms with Gasteiger partial charge in [0.2, 0.25) is 5.91 Å². The molecule has 1 aliphatic heterocycles. The fourth-order valence-electron chi connectivity index (χ4n) is 3.38. The minimum Gasteiger partial charge on any atom is -0.497 e. The van der Waals surface area contributed by atoms with Crippen molar-refractivity contribution in [2.45, 2.75) is 6.92 Å². The molecule has 0 radical (unpaired) electrons. The van der Waals surface area contributed by atoms with Crippen molar-refractivity contribution in [2.75, 3.05) is 57.2 Å². The van der Waals surface area contributed by atoms with E-state index in [-0.39, 0.29) is 5.91 Å². The number of likely N-dealkylation sites (N-methyl/N-ethyl adjacent to an activating group) is 1. The van der Waals surface area contributed by atoms with Crippen molar-refractivity contribution >= 4 is 23.4 Å². The number of hydrogen-bond acceptors (Lipinski definition) is 5. The molecule has 0 aromatic heterocycles. The molecule has 0 bridgehead atoms. The second-order valence-electron chi connectivity index (χ2n) is 6.90. The van der Waals surface area contributed by atoms with Crippen LogP contribution in [0.15, 0.2) is 48.5 Å². The summed E-state index contributed by atoms with van der Waals surface area (Å²) < 4.78 is 10.5. The number of nitrogens with one attached hydrogen (secondary N) is 1. The number of anilines is 2. The van der Waals surface area contributed by atoms with Crippen molar-refractivity contribution in [3.63, 3.8) is 0 Å². The summed E-state index contributed by atoms with van der Waals surface area (Å²) in [5, 5.41) is 2.90. The van der Waals surface area contributed by atoms with Gasteiger partial charge in [0.15, 0.2) is 0 Å². The average Bonchev–Trinajstić information content (AvgIpc) is 2.78. The van der Waals surface area contributed by atoms with E-state index in [1.165, 1.54) is 11.8 Å². The summed E-state index contributed by atoms with van der Waals surface area (Å²) in [4.78, 5) is 17.1. The normalized spacial score (nSPS) is 14.8. The van der Waals surface area contributed by atoms with Gasteiger partial charge >= 0.3 is 0 Å². The molecule has 6 heteroatoms. The molecule has 1 amide bonds. The van der Waals surface area contributed by atoms with Crippen LogP contribution in [0.2, 0.25) is 0 Å². The third kappa shape index (κ3) is 5.51. The maximum absolute atomic E-state index is 12.3. The number of benzene rings is 2. The van der Waals surface area contributed by atoms with Crippen molar-refractivity contribution in [1.82, 2.24) is 4.90 Å². The van der Waals surface area contributed by atoms with Crippen LogP contribution in [0, 0.1) is 0 Å². The van der Waals surface area contributed by atoms with Crippen LogP contribution in [0.4, 0.5) is 11.4 Å². The van der Waals surface area contributed by atoms with E-state index >= 15 is 0 Å². The zero-order chi connectivity index (χ0) is 20.6. The van der Waals surface area contributed by atoms with Gasteiger partial charge in [0.05, 0.1) is 14.2 Å². The Balaban J connectivity index is 1.58. The molecule has 1 aliphatic rings. The average molecular weight is 396 g/mol. The van der Waals surface area contributed by atoms with Gasteiger partial charge in [-0.3, -0.25) is 4.79 Å². The van der Waals surface area contributed by atoms with E-state index in [0.29, 0.717) is 11.5 Å². The topological polar surface area (TPSA) is 54.0 Å². The number of rotatable bonds is 7. The fourth-order valence-corrected chi connectivity index (χ4v) is 3.38. The van der Waals surface area contributed by atoms with E-state index in [9.17, 15) is 4.79 Å². The molecule has 0 unspecified atom stereocenters. The van der Waals surface area contributed by atoms with Crippen LogP contribution in [0.1, 0.15) is 12.5 Å². The Morgan fingerprint density at radius 2 is 1.76 bits per heavy atom. The first-order chi connectivity index (χ1) is 14.1. The maximum atomic E-state index is 12.3. The predicted octanol–water partition coefficient (Wildman–Crippen LogP) is 3.50. The van der Waals surface area contributed by atoms with Crippen LogP contribution in [-0.2, 0) is 4.79 Å². The molecule has 0 aliphatic carbocycles. The Morgan fingerprint density at radius 1 is 1.03 bits per heavy atom.